The summed E-state index contributed by atoms with van der Waals surface area (Å²) in [5.41, 5.74) is 12.6. The predicted octanol–water partition coefficient (Wildman–Crippen LogP) is 15.5. The van der Waals surface area contributed by atoms with E-state index in [2.05, 4.69) is 214 Å². The molecule has 3 atom stereocenters. The third kappa shape index (κ3) is 6.24. The van der Waals surface area contributed by atoms with Crippen molar-refractivity contribution in [3.05, 3.63) is 173 Å². The van der Waals surface area contributed by atoms with Gasteiger partial charge >= 0.3 is 0 Å². The van der Waals surface area contributed by atoms with Crippen LogP contribution in [0, 0.1) is 5.92 Å². The topological polar surface area (TPSA) is 9.86 Å². The second-order valence-electron chi connectivity index (χ2n) is 15.8. The first-order valence-electron chi connectivity index (χ1n) is 20.5. The lowest BCUT2D eigenvalue weighted by atomic mass is 9.93. The van der Waals surface area contributed by atoms with Crippen LogP contribution in [0.1, 0.15) is 87.2 Å². The summed E-state index contributed by atoms with van der Waals surface area (Å²) in [6.45, 7) is 11.6. The van der Waals surface area contributed by atoms with E-state index in [4.69, 9.17) is 0 Å². The number of nitrogens with zero attached hydrogens (tertiary/aromatic N) is 2. The molecule has 7 aromatic carbocycles. The lowest BCUT2D eigenvalue weighted by molar-refractivity contribution is 0.386. The summed E-state index contributed by atoms with van der Waals surface area (Å²) in [6, 6.07) is 54.3. The Morgan fingerprint density at radius 3 is 1.57 bits per heavy atom. The van der Waals surface area contributed by atoms with Crippen LogP contribution in [0.3, 0.4) is 0 Å². The molecule has 0 fully saturated rings. The maximum Gasteiger partial charge on any atom is 0.0575 e. The van der Waals surface area contributed by atoms with Crippen molar-refractivity contribution in [2.45, 2.75) is 59.4 Å². The average Bonchev–Trinajstić information content (AvgIpc) is 3.76. The first-order valence-corrected chi connectivity index (χ1v) is 20.5. The van der Waals surface area contributed by atoms with Gasteiger partial charge in [-0.3, -0.25) is 0 Å². The van der Waals surface area contributed by atoms with Gasteiger partial charge in [0.15, 0.2) is 0 Å². The molecule has 0 radical (unpaired) electrons. The largest absolute Gasteiger partial charge is 0.337 e. The van der Waals surface area contributed by atoms with E-state index in [1.54, 1.807) is 0 Å². The third-order valence-corrected chi connectivity index (χ3v) is 12.5. The zero-order valence-corrected chi connectivity index (χ0v) is 33.2. The summed E-state index contributed by atoms with van der Waals surface area (Å²) in [7, 11) is 0. The highest BCUT2D eigenvalue weighted by atomic mass is 15.0. The molecule has 2 heterocycles. The standard InChI is InChI=1S/C54H50N2/c1-6-36(3)38(5)55-50-18-12-10-16-46(50)48-34-41(28-32-52(48)55)26-24-39-20-22-40(23-21-39)25-27-42-29-33-53-49(35-42)47-17-11-13-19-51(47)56(53)54-44(37(4)7-2)31-30-43-14-8-9-15-45(43)54/h8-38H,6-7H2,1-5H3/b26-24+,27-25+. The highest BCUT2D eigenvalue weighted by molar-refractivity contribution is 6.12. The molecule has 0 saturated carbocycles. The maximum atomic E-state index is 2.55. The molecule has 0 amide bonds. The fraction of sp³-hybridized carbons (Fsp3) is 0.185. The van der Waals surface area contributed by atoms with Gasteiger partial charge in [0.1, 0.15) is 0 Å². The molecule has 9 aromatic rings. The van der Waals surface area contributed by atoms with Crippen molar-refractivity contribution in [2.75, 3.05) is 0 Å². The summed E-state index contributed by atoms with van der Waals surface area (Å²) in [5, 5.41) is 7.78. The van der Waals surface area contributed by atoms with Crippen LogP contribution in [0.4, 0.5) is 0 Å². The van der Waals surface area contributed by atoms with Crippen LogP contribution < -0.4 is 0 Å². The van der Waals surface area contributed by atoms with Crippen molar-refractivity contribution in [2.24, 2.45) is 5.92 Å². The van der Waals surface area contributed by atoms with Gasteiger partial charge in [0, 0.05) is 44.0 Å². The average molecular weight is 727 g/mol. The minimum Gasteiger partial charge on any atom is -0.337 e. The fourth-order valence-electron chi connectivity index (χ4n) is 8.74. The van der Waals surface area contributed by atoms with Gasteiger partial charge in [0.05, 0.1) is 16.7 Å². The van der Waals surface area contributed by atoms with Gasteiger partial charge in [0.2, 0.25) is 0 Å². The number of benzene rings is 7. The molecule has 9 rings (SSSR count). The summed E-state index contributed by atoms with van der Waals surface area (Å²) < 4.78 is 5.06. The van der Waals surface area contributed by atoms with Gasteiger partial charge in [-0.1, -0.05) is 168 Å². The summed E-state index contributed by atoms with van der Waals surface area (Å²) >= 11 is 0. The first kappa shape index (κ1) is 35.6. The summed E-state index contributed by atoms with van der Waals surface area (Å²) in [6.07, 6.45) is 11.2. The van der Waals surface area contributed by atoms with E-state index >= 15 is 0 Å². The van der Waals surface area contributed by atoms with Crippen LogP contribution in [0.25, 0.3) is 84.4 Å². The predicted molar refractivity (Wildman–Crippen MR) is 245 cm³/mol. The smallest absolute Gasteiger partial charge is 0.0575 e. The van der Waals surface area contributed by atoms with Crippen molar-refractivity contribution >= 4 is 78.7 Å². The monoisotopic (exact) mass is 726 g/mol. The van der Waals surface area contributed by atoms with Crippen LogP contribution in [0.2, 0.25) is 0 Å². The Bertz CT molecular complexity index is 2930. The number of fused-ring (bicyclic) bond motifs is 7. The van der Waals surface area contributed by atoms with Gasteiger partial charge in [-0.05, 0) is 94.8 Å². The Labute approximate surface area is 331 Å². The van der Waals surface area contributed by atoms with Crippen molar-refractivity contribution in [3.8, 4) is 5.69 Å². The minimum atomic E-state index is 0.435. The van der Waals surface area contributed by atoms with Crippen molar-refractivity contribution < 1.29 is 0 Å². The van der Waals surface area contributed by atoms with E-state index < -0.39 is 0 Å². The molecule has 2 aromatic heterocycles. The van der Waals surface area contributed by atoms with E-state index in [-0.39, 0.29) is 0 Å². The third-order valence-electron chi connectivity index (χ3n) is 12.5. The summed E-state index contributed by atoms with van der Waals surface area (Å²) in [4.78, 5) is 0. The van der Waals surface area contributed by atoms with E-state index in [9.17, 15) is 0 Å². The maximum absolute atomic E-state index is 2.55. The summed E-state index contributed by atoms with van der Waals surface area (Å²) in [5.74, 6) is 1.05. The molecule has 2 heteroatoms. The molecule has 0 bridgehead atoms. The first-order chi connectivity index (χ1) is 27.4. The Morgan fingerprint density at radius 2 is 0.929 bits per heavy atom. The van der Waals surface area contributed by atoms with Crippen molar-refractivity contribution in [3.63, 3.8) is 0 Å². The zero-order chi connectivity index (χ0) is 38.3. The van der Waals surface area contributed by atoms with Crippen molar-refractivity contribution in [1.29, 1.82) is 0 Å². The second-order valence-corrected chi connectivity index (χ2v) is 15.8. The van der Waals surface area contributed by atoms with E-state index in [0.29, 0.717) is 17.9 Å². The highest BCUT2D eigenvalue weighted by Gasteiger charge is 2.21. The molecule has 2 nitrogen and oxygen atoms in total. The number of hydrogen-bond donors (Lipinski definition) is 0. The molecule has 0 aliphatic carbocycles. The number of rotatable bonds is 10. The van der Waals surface area contributed by atoms with Crippen LogP contribution in [-0.4, -0.2) is 9.13 Å². The van der Waals surface area contributed by atoms with Crippen molar-refractivity contribution in [1.82, 2.24) is 9.13 Å². The lowest BCUT2D eigenvalue weighted by Gasteiger charge is -2.22. The Morgan fingerprint density at radius 1 is 0.446 bits per heavy atom. The van der Waals surface area contributed by atoms with Crippen LogP contribution in [0.15, 0.2) is 146 Å². The van der Waals surface area contributed by atoms with E-state index in [1.165, 1.54) is 94.3 Å². The van der Waals surface area contributed by atoms with Gasteiger partial charge in [-0.15, -0.1) is 0 Å². The molecular formula is C54H50N2. The quantitative estimate of drug-likeness (QED) is 0.124. The Kier molecular flexibility index (Phi) is 9.43. The molecule has 0 N–H and O–H groups in total. The normalized spacial score (nSPS) is 13.9. The molecule has 0 spiro atoms. The van der Waals surface area contributed by atoms with E-state index in [1.807, 2.05) is 0 Å². The van der Waals surface area contributed by atoms with Gasteiger partial charge in [-0.25, -0.2) is 0 Å². The SMILES string of the molecule is CCC(C)c1ccc2ccccc2c1-n1c2ccccc2c2cc(/C=C/c3ccc(/C=C/c4ccc5c(c4)c4ccccc4n5C(C)C(C)CC)cc3)ccc21. The number of hydrogen-bond acceptors (Lipinski definition) is 0. The molecular weight excluding hydrogens is 677 g/mol. The molecule has 0 saturated heterocycles. The van der Waals surface area contributed by atoms with Gasteiger partial charge in [0.25, 0.3) is 0 Å². The molecule has 56 heavy (non-hydrogen) atoms. The van der Waals surface area contributed by atoms with Crippen LogP contribution in [0.5, 0.6) is 0 Å². The molecule has 276 valence electrons. The minimum absolute atomic E-state index is 0.435. The van der Waals surface area contributed by atoms with Gasteiger partial charge in [-0.2, -0.15) is 0 Å². The second kappa shape index (κ2) is 14.8. The Hall–Kier alpha value is -6.12. The fourth-order valence-corrected chi connectivity index (χ4v) is 8.74. The lowest BCUT2D eigenvalue weighted by Crippen LogP contribution is -2.13. The van der Waals surface area contributed by atoms with E-state index in [0.717, 1.165) is 6.42 Å². The number of aromatic nitrogens is 2. The molecule has 3 unspecified atom stereocenters. The molecule has 0 aliphatic heterocycles. The molecule has 0 aliphatic rings. The van der Waals surface area contributed by atoms with Crippen LogP contribution in [-0.2, 0) is 0 Å². The zero-order valence-electron chi connectivity index (χ0n) is 33.2. The Balaban J connectivity index is 1.00. The number of para-hydroxylation sites is 2. The highest BCUT2D eigenvalue weighted by Crippen LogP contribution is 2.40. The van der Waals surface area contributed by atoms with Crippen LogP contribution >= 0.6 is 0 Å². The van der Waals surface area contributed by atoms with Gasteiger partial charge < -0.3 is 9.13 Å².